The topological polar surface area (TPSA) is 43.1 Å². The first-order valence-electron chi connectivity index (χ1n) is 3.88. The van der Waals surface area contributed by atoms with Crippen LogP contribution in [0.5, 0.6) is 0 Å². The third kappa shape index (κ3) is 2.97. The lowest BCUT2D eigenvalue weighted by Crippen LogP contribution is -2.31. The highest BCUT2D eigenvalue weighted by atomic mass is 16.1. The molecule has 0 aliphatic heterocycles. The number of nitrogens with two attached hydrogens (primary N) is 1. The molecule has 0 aromatic carbocycles. The summed E-state index contributed by atoms with van der Waals surface area (Å²) >= 11 is 0. The van der Waals surface area contributed by atoms with Crippen LogP contribution in [0.3, 0.4) is 0 Å². The Morgan fingerprint density at radius 2 is 2.00 bits per heavy atom. The van der Waals surface area contributed by atoms with Crippen molar-refractivity contribution in [2.45, 2.75) is 39.7 Å². The fraction of sp³-hybridized carbons (Fsp3) is 0.875. The van der Waals surface area contributed by atoms with E-state index in [0.717, 1.165) is 12.8 Å². The maximum atomic E-state index is 11.1. The van der Waals surface area contributed by atoms with Gasteiger partial charge in [0, 0.05) is 5.92 Å². The number of carbonyl (C=O) groups is 1. The van der Waals surface area contributed by atoms with Gasteiger partial charge in [0.2, 0.25) is 0 Å². The van der Waals surface area contributed by atoms with E-state index in [1.807, 2.05) is 6.92 Å². The third-order valence-electron chi connectivity index (χ3n) is 1.66. The van der Waals surface area contributed by atoms with E-state index in [9.17, 15) is 4.79 Å². The van der Waals surface area contributed by atoms with Crippen LogP contribution < -0.4 is 5.73 Å². The molecule has 2 unspecified atom stereocenters. The zero-order valence-corrected chi connectivity index (χ0v) is 7.05. The van der Waals surface area contributed by atoms with Crippen LogP contribution in [0.15, 0.2) is 0 Å². The molecule has 0 fully saturated rings. The lowest BCUT2D eigenvalue weighted by Gasteiger charge is -2.10. The highest BCUT2D eigenvalue weighted by Crippen LogP contribution is 2.07. The molecular weight excluding hydrogens is 126 g/mol. The quantitative estimate of drug-likeness (QED) is 0.645. The Labute approximate surface area is 62.8 Å². The highest BCUT2D eigenvalue weighted by molar-refractivity contribution is 5.85. The van der Waals surface area contributed by atoms with Crippen LogP contribution in [0.2, 0.25) is 0 Å². The van der Waals surface area contributed by atoms with Crippen molar-refractivity contribution in [3.05, 3.63) is 0 Å². The molecule has 0 heterocycles. The van der Waals surface area contributed by atoms with Crippen molar-refractivity contribution in [3.63, 3.8) is 0 Å². The Kier molecular flexibility index (Phi) is 4.28. The van der Waals surface area contributed by atoms with Crippen LogP contribution in [0.1, 0.15) is 33.6 Å². The van der Waals surface area contributed by atoms with Gasteiger partial charge in [-0.1, -0.05) is 20.3 Å². The largest absolute Gasteiger partial charge is 0.322 e. The van der Waals surface area contributed by atoms with Crippen LogP contribution >= 0.6 is 0 Å². The molecule has 2 atom stereocenters. The van der Waals surface area contributed by atoms with E-state index in [2.05, 4.69) is 6.92 Å². The molecule has 0 bridgehead atoms. The van der Waals surface area contributed by atoms with Crippen molar-refractivity contribution < 1.29 is 4.79 Å². The van der Waals surface area contributed by atoms with Crippen molar-refractivity contribution >= 4 is 5.78 Å². The molecule has 0 saturated heterocycles. The average Bonchev–Trinajstić information content (AvgIpc) is 1.87. The summed E-state index contributed by atoms with van der Waals surface area (Å²) < 4.78 is 0. The molecule has 0 aliphatic rings. The number of hydrogen-bond acceptors (Lipinski definition) is 2. The molecule has 0 aromatic rings. The monoisotopic (exact) mass is 143 g/mol. The number of ketones is 1. The molecule has 2 nitrogen and oxygen atoms in total. The predicted octanol–water partition coefficient (Wildman–Crippen LogP) is 1.34. The van der Waals surface area contributed by atoms with Gasteiger partial charge in [0.25, 0.3) is 0 Å². The summed E-state index contributed by atoms with van der Waals surface area (Å²) in [5.74, 6) is 0.326. The first-order valence-corrected chi connectivity index (χ1v) is 3.88. The Morgan fingerprint density at radius 1 is 1.50 bits per heavy atom. The van der Waals surface area contributed by atoms with Gasteiger partial charge in [-0.05, 0) is 13.3 Å². The summed E-state index contributed by atoms with van der Waals surface area (Å²) in [7, 11) is 0. The number of hydrogen-bond donors (Lipinski definition) is 1. The van der Waals surface area contributed by atoms with Crippen molar-refractivity contribution in [3.8, 4) is 0 Å². The smallest absolute Gasteiger partial charge is 0.152 e. The molecule has 0 radical (unpaired) electrons. The Hall–Kier alpha value is -0.370. The first-order chi connectivity index (χ1) is 4.59. The van der Waals surface area contributed by atoms with Crippen LogP contribution in [0.4, 0.5) is 0 Å². The summed E-state index contributed by atoms with van der Waals surface area (Å²) in [6.07, 6.45) is 2.01. The summed E-state index contributed by atoms with van der Waals surface area (Å²) in [6, 6.07) is -0.290. The number of carbonyl (C=O) groups excluding carboxylic acids is 1. The van der Waals surface area contributed by atoms with Crippen molar-refractivity contribution in [2.24, 2.45) is 11.7 Å². The molecule has 0 amide bonds. The summed E-state index contributed by atoms with van der Waals surface area (Å²) in [4.78, 5) is 11.1. The van der Waals surface area contributed by atoms with E-state index in [1.54, 1.807) is 6.92 Å². The van der Waals surface area contributed by atoms with Crippen molar-refractivity contribution in [1.82, 2.24) is 0 Å². The number of rotatable bonds is 4. The second-order valence-corrected chi connectivity index (χ2v) is 2.88. The Bertz CT molecular complexity index is 110. The molecule has 2 heteroatoms. The van der Waals surface area contributed by atoms with E-state index >= 15 is 0 Å². The van der Waals surface area contributed by atoms with E-state index in [1.165, 1.54) is 0 Å². The van der Waals surface area contributed by atoms with Crippen LogP contribution in [0.25, 0.3) is 0 Å². The van der Waals surface area contributed by atoms with E-state index in [-0.39, 0.29) is 17.7 Å². The molecule has 0 aliphatic carbocycles. The summed E-state index contributed by atoms with van der Waals surface area (Å²) in [5.41, 5.74) is 5.42. The normalized spacial score (nSPS) is 16.4. The highest BCUT2D eigenvalue weighted by Gasteiger charge is 2.14. The minimum atomic E-state index is -0.290. The lowest BCUT2D eigenvalue weighted by molar-refractivity contribution is -0.123. The van der Waals surface area contributed by atoms with Crippen molar-refractivity contribution in [1.29, 1.82) is 0 Å². The summed E-state index contributed by atoms with van der Waals surface area (Å²) in [5, 5.41) is 0. The maximum absolute atomic E-state index is 11.1. The average molecular weight is 143 g/mol. The fourth-order valence-electron chi connectivity index (χ4n) is 1.02. The molecule has 0 saturated carbocycles. The zero-order valence-electron chi connectivity index (χ0n) is 7.05. The van der Waals surface area contributed by atoms with Gasteiger partial charge in [-0.15, -0.1) is 0 Å². The first kappa shape index (κ1) is 9.63. The van der Waals surface area contributed by atoms with Gasteiger partial charge in [0.05, 0.1) is 6.04 Å². The predicted molar refractivity (Wildman–Crippen MR) is 42.7 cm³/mol. The van der Waals surface area contributed by atoms with Crippen molar-refractivity contribution in [2.75, 3.05) is 0 Å². The van der Waals surface area contributed by atoms with Gasteiger partial charge in [-0.2, -0.15) is 0 Å². The van der Waals surface area contributed by atoms with E-state index in [4.69, 9.17) is 5.73 Å². The lowest BCUT2D eigenvalue weighted by atomic mass is 9.97. The maximum Gasteiger partial charge on any atom is 0.152 e. The SMILES string of the molecule is CCCC(C)C(=O)C(C)N. The molecule has 60 valence electrons. The van der Waals surface area contributed by atoms with Gasteiger partial charge in [-0.25, -0.2) is 0 Å². The minimum absolute atomic E-state index is 0.144. The standard InChI is InChI=1S/C8H17NO/c1-4-5-6(2)8(10)7(3)9/h6-7H,4-5,9H2,1-3H3. The van der Waals surface area contributed by atoms with Gasteiger partial charge < -0.3 is 5.73 Å². The van der Waals surface area contributed by atoms with E-state index in [0.29, 0.717) is 0 Å². The molecule has 0 spiro atoms. The summed E-state index contributed by atoms with van der Waals surface area (Å²) in [6.45, 7) is 5.76. The second-order valence-electron chi connectivity index (χ2n) is 2.88. The Morgan fingerprint density at radius 3 is 2.30 bits per heavy atom. The molecule has 0 aromatic heterocycles. The van der Waals surface area contributed by atoms with E-state index < -0.39 is 0 Å². The minimum Gasteiger partial charge on any atom is -0.322 e. The van der Waals surface area contributed by atoms with Gasteiger partial charge in [-0.3, -0.25) is 4.79 Å². The Balaban J connectivity index is 3.71. The van der Waals surface area contributed by atoms with Gasteiger partial charge >= 0.3 is 0 Å². The van der Waals surface area contributed by atoms with Gasteiger partial charge in [0.15, 0.2) is 5.78 Å². The molecule has 0 rings (SSSR count). The number of Topliss-reactive ketones (excluding diaryl/α,β-unsaturated/α-hetero) is 1. The van der Waals surface area contributed by atoms with Crippen LogP contribution in [-0.2, 0) is 4.79 Å². The molecular formula is C8H17NO. The second kappa shape index (κ2) is 4.45. The van der Waals surface area contributed by atoms with Gasteiger partial charge in [0.1, 0.15) is 0 Å². The van der Waals surface area contributed by atoms with Crippen LogP contribution in [-0.4, -0.2) is 11.8 Å². The molecule has 10 heavy (non-hydrogen) atoms. The zero-order chi connectivity index (χ0) is 8.15. The van der Waals surface area contributed by atoms with Crippen LogP contribution in [0, 0.1) is 5.92 Å². The fourth-order valence-corrected chi connectivity index (χ4v) is 1.02. The third-order valence-corrected chi connectivity index (χ3v) is 1.66. The molecule has 2 N–H and O–H groups in total.